The molecule has 0 unspecified atom stereocenters. The summed E-state index contributed by atoms with van der Waals surface area (Å²) in [6.07, 6.45) is 0. The van der Waals surface area contributed by atoms with Gasteiger partial charge in [-0.25, -0.2) is 0 Å². The van der Waals surface area contributed by atoms with E-state index in [9.17, 15) is 0 Å². The molecule has 0 spiro atoms. The van der Waals surface area contributed by atoms with Crippen LogP contribution < -0.4 is 23.3 Å². The van der Waals surface area contributed by atoms with Gasteiger partial charge in [0, 0.05) is 4.66 Å². The Balaban J connectivity index is 0. The van der Waals surface area contributed by atoms with Gasteiger partial charge in [-0.15, -0.1) is 0 Å². The summed E-state index contributed by atoms with van der Waals surface area (Å²) >= 11 is 0. The molecule has 0 aliphatic rings. The van der Waals surface area contributed by atoms with Crippen molar-refractivity contribution in [3.63, 3.8) is 0 Å². The molecule has 0 atom stereocenters. The number of halogens is 2. The molecule has 7 nitrogen and oxygen atoms in total. The van der Waals surface area contributed by atoms with E-state index in [2.05, 4.69) is 0 Å². The van der Waals surface area contributed by atoms with Crippen molar-refractivity contribution in [3.8, 4) is 0 Å². The minimum absolute atomic E-state index is 2.60. The molecule has 0 aromatic heterocycles. The first-order valence-corrected chi connectivity index (χ1v) is 3.33. The maximum absolute atomic E-state index is 8.60. The molecule has 0 saturated carbocycles. The lowest BCUT2D eigenvalue weighted by Crippen LogP contribution is -2.58. The van der Waals surface area contributed by atoms with Gasteiger partial charge in [-0.2, -0.15) is 14.0 Å². The van der Waals surface area contributed by atoms with Crippen molar-refractivity contribution in [1.82, 2.24) is 0 Å². The first-order valence-electron chi connectivity index (χ1n) is 1.11. The second-order valence-corrected chi connectivity index (χ2v) is 1.79. The van der Waals surface area contributed by atoms with Crippen molar-refractivity contribution in [1.29, 1.82) is 0 Å². The lowest BCUT2D eigenvalue weighted by atomic mass is 15.8. The largest absolute Gasteiger partial charge is 0.321 e. The molecule has 2 N–H and O–H groups in total. The van der Waals surface area contributed by atoms with Crippen LogP contribution in [-0.4, -0.2) is 9.32 Å². The third kappa shape index (κ3) is 3660. The van der Waals surface area contributed by atoms with E-state index in [1.54, 1.807) is 0 Å². The van der Waals surface area contributed by atoms with Crippen LogP contribution in [0.3, 0.4) is 0 Å². The predicted octanol–water partition coefficient (Wildman–Crippen LogP) is -7.06. The highest BCUT2D eigenvalue weighted by atomic mass is 35.7. The van der Waals surface area contributed by atoms with Crippen LogP contribution in [0.5, 0.6) is 0 Å². The molecule has 0 saturated heterocycles. The van der Waals surface area contributed by atoms with Crippen LogP contribution in [0.4, 0.5) is 0 Å². The summed E-state index contributed by atoms with van der Waals surface area (Å²) in [5, 5.41) is 0. The summed E-state index contributed by atoms with van der Waals surface area (Å²) in [6, 6.07) is 0. The van der Waals surface area contributed by atoms with Crippen LogP contribution in [0.1, 0.15) is 0 Å². The van der Waals surface area contributed by atoms with Gasteiger partial charge in [-0.1, -0.05) is 0 Å². The fourth-order valence-corrected chi connectivity index (χ4v) is 0. The number of hydrogen-bond donors (Lipinski definition) is 2. The molecule has 0 aromatic carbocycles. The second-order valence-electron chi connectivity index (χ2n) is 0.597. The Hall–Kier alpha value is 0.300. The van der Waals surface area contributed by atoms with Crippen molar-refractivity contribution in [2.45, 2.75) is 0 Å². The minimum Gasteiger partial charge on any atom is -0.321 e. The van der Waals surface area contributed by atoms with Crippen LogP contribution in [-0.2, 0) is 0 Å². The Kier molecular flexibility index (Phi) is 6.83. The van der Waals surface area contributed by atoms with Crippen LogP contribution >= 0.6 is 0 Å². The molecule has 0 radical (unpaired) electrons. The van der Waals surface area contributed by atoms with E-state index in [1.807, 2.05) is 0 Å². The molecule has 0 amide bonds. The standard InChI is InChI=1S/ClHO4.ClHO3/c2-1(3,4)5;2-1(3)4/h(H,2,3,4,5);2H. The Morgan fingerprint density at radius 2 is 1.11 bits per heavy atom. The summed E-state index contributed by atoms with van der Waals surface area (Å²) in [7, 11) is -7.30. The first-order chi connectivity index (χ1) is 3.73. The molecule has 0 bridgehead atoms. The molecular formula is H2Cl2O7. The van der Waals surface area contributed by atoms with Gasteiger partial charge >= 0.3 is 0 Å². The van der Waals surface area contributed by atoms with Gasteiger partial charge in [-0.3, -0.25) is 0 Å². The Morgan fingerprint density at radius 1 is 1.11 bits per heavy atom. The van der Waals surface area contributed by atoms with Gasteiger partial charge < -0.3 is 9.32 Å². The van der Waals surface area contributed by atoms with Gasteiger partial charge in [-0.05, 0) is 0 Å². The molecule has 58 valence electrons. The van der Waals surface area contributed by atoms with Gasteiger partial charge in [0.1, 0.15) is 0 Å². The van der Waals surface area contributed by atoms with E-state index in [0.29, 0.717) is 0 Å². The van der Waals surface area contributed by atoms with Crippen LogP contribution in [0, 0.1) is 21.0 Å². The summed E-state index contributed by atoms with van der Waals surface area (Å²) in [5.41, 5.74) is 0. The zero-order chi connectivity index (χ0) is 8.08. The van der Waals surface area contributed by atoms with Crippen molar-refractivity contribution < 1.29 is 53.6 Å². The number of rotatable bonds is 0. The van der Waals surface area contributed by atoms with E-state index < -0.39 is 21.0 Å². The monoisotopic (exact) mass is 184 g/mol. The maximum Gasteiger partial charge on any atom is 0.282 e. The van der Waals surface area contributed by atoms with Crippen molar-refractivity contribution in [2.24, 2.45) is 0 Å². The van der Waals surface area contributed by atoms with Crippen molar-refractivity contribution >= 4 is 0 Å². The lowest BCUT2D eigenvalue weighted by Gasteiger charge is -2.03. The van der Waals surface area contributed by atoms with Gasteiger partial charge in [0.25, 0.3) is 10.8 Å². The average molecular weight is 185 g/mol. The minimum atomic E-state index is -4.69. The zero-order valence-electron chi connectivity index (χ0n) is 3.69. The van der Waals surface area contributed by atoms with Gasteiger partial charge in [0.15, 0.2) is 0 Å². The summed E-state index contributed by atoms with van der Waals surface area (Å²) < 4.78 is 56.7. The van der Waals surface area contributed by atoms with E-state index in [4.69, 9.17) is 32.6 Å². The quantitative estimate of drug-likeness (QED) is 0.379. The Morgan fingerprint density at radius 3 is 1.11 bits per heavy atom. The third-order valence-electron chi connectivity index (χ3n) is 0. The van der Waals surface area contributed by atoms with Crippen LogP contribution in [0.15, 0.2) is 0 Å². The molecule has 0 aromatic rings. The smallest absolute Gasteiger partial charge is 0.282 e. The van der Waals surface area contributed by atoms with E-state index in [-0.39, 0.29) is 0 Å². The Labute approximate surface area is 54.5 Å². The molecule has 0 rings (SSSR count). The molecule has 9 heteroatoms. The van der Waals surface area contributed by atoms with Crippen LogP contribution in [0.25, 0.3) is 0 Å². The van der Waals surface area contributed by atoms with E-state index in [0.717, 1.165) is 0 Å². The summed E-state index contributed by atoms with van der Waals surface area (Å²) in [6.45, 7) is 0. The Bertz CT molecular complexity index is 43.7. The summed E-state index contributed by atoms with van der Waals surface area (Å²) in [4.78, 5) is 0. The topological polar surface area (TPSA) is 156 Å². The van der Waals surface area contributed by atoms with E-state index in [1.165, 1.54) is 0 Å². The highest BCUT2D eigenvalue weighted by Gasteiger charge is 1.98. The SMILES string of the molecule is [O-][Cl+2]([O-])O.[O-][Cl+3]([O-])([O-])O. The van der Waals surface area contributed by atoms with Gasteiger partial charge in [0.05, 0.1) is 14.9 Å². The summed E-state index contributed by atoms with van der Waals surface area (Å²) in [5.74, 6) is 0. The third-order valence-corrected chi connectivity index (χ3v) is 0. The molecule has 0 aliphatic carbocycles. The molecular weight excluding hydrogens is 183 g/mol. The second kappa shape index (κ2) is 5.11. The fourth-order valence-electron chi connectivity index (χ4n) is 0. The molecule has 0 aliphatic heterocycles. The normalized spacial score (nSPS) is 10.7. The molecule has 0 heterocycles. The lowest BCUT2D eigenvalue weighted by molar-refractivity contribution is -1.92. The molecule has 9 heavy (non-hydrogen) atoms. The van der Waals surface area contributed by atoms with E-state index >= 15 is 0 Å². The highest BCUT2D eigenvalue weighted by molar-refractivity contribution is 2.15. The fraction of sp³-hybridized carbons (Fsp3) is 0. The zero-order valence-corrected chi connectivity index (χ0v) is 5.20. The van der Waals surface area contributed by atoms with Gasteiger partial charge in [0.2, 0.25) is 0 Å². The average Bonchev–Trinajstić information content (AvgIpc) is 1.19. The first kappa shape index (κ1) is 12.0. The predicted molar refractivity (Wildman–Crippen MR) is 4.44 cm³/mol. The number of hydrogen-bond acceptors (Lipinski definition) is 7. The molecule has 0 fully saturated rings. The maximum atomic E-state index is 8.60. The van der Waals surface area contributed by atoms with Crippen molar-refractivity contribution in [3.05, 3.63) is 0 Å². The van der Waals surface area contributed by atoms with Crippen molar-refractivity contribution in [2.75, 3.05) is 0 Å². The highest BCUT2D eigenvalue weighted by Crippen LogP contribution is 1.60. The van der Waals surface area contributed by atoms with Crippen LogP contribution in [0.2, 0.25) is 0 Å².